The van der Waals surface area contributed by atoms with E-state index >= 15 is 0 Å². The Balaban J connectivity index is 3.36. The molecule has 1 atom stereocenters. The highest BCUT2D eigenvalue weighted by molar-refractivity contribution is 5.69. The lowest BCUT2D eigenvalue weighted by atomic mass is 9.95. The largest absolute Gasteiger partial charge is 0.466 e. The van der Waals surface area contributed by atoms with E-state index in [1.807, 2.05) is 0 Å². The summed E-state index contributed by atoms with van der Waals surface area (Å²) >= 11 is 0. The predicted molar refractivity (Wildman–Crippen MR) is 149 cm³/mol. The number of esters is 2. The van der Waals surface area contributed by atoms with Gasteiger partial charge in [0.2, 0.25) is 0 Å². The van der Waals surface area contributed by atoms with Crippen molar-refractivity contribution in [3.63, 3.8) is 0 Å². The lowest BCUT2D eigenvalue weighted by molar-refractivity contribution is -0.145. The van der Waals surface area contributed by atoms with Crippen molar-refractivity contribution in [3.05, 3.63) is 0 Å². The van der Waals surface area contributed by atoms with Crippen molar-refractivity contribution in [2.45, 2.75) is 168 Å². The van der Waals surface area contributed by atoms with Crippen molar-refractivity contribution in [3.8, 4) is 0 Å². The number of carbonyl (C=O) groups is 2. The SMILES string of the molecule is CCCCCOC(=O)CCCCCCCCCCCCCCCC(CC)CC(=O)OCCCCC. The molecule has 0 aliphatic carbocycles. The monoisotopic (exact) mass is 496 g/mol. The standard InChI is InChI=1S/C31H60O4/c1-4-7-22-26-34-30(32)25-21-19-17-15-13-11-9-10-12-14-16-18-20-24-29(6-3)28-31(33)35-27-23-8-5-2/h29H,4-28H2,1-3H3. The first-order chi connectivity index (χ1) is 17.1. The van der Waals surface area contributed by atoms with E-state index in [0.29, 0.717) is 32.0 Å². The molecule has 0 fully saturated rings. The lowest BCUT2D eigenvalue weighted by Crippen LogP contribution is -2.12. The average molecular weight is 497 g/mol. The quantitative estimate of drug-likeness (QED) is 0.0838. The van der Waals surface area contributed by atoms with Crippen LogP contribution in [0.15, 0.2) is 0 Å². The molecule has 0 aromatic heterocycles. The molecule has 0 saturated carbocycles. The van der Waals surface area contributed by atoms with E-state index in [1.165, 1.54) is 77.0 Å². The summed E-state index contributed by atoms with van der Waals surface area (Å²) < 4.78 is 10.6. The summed E-state index contributed by atoms with van der Waals surface area (Å²) in [5.74, 6) is 0.494. The summed E-state index contributed by atoms with van der Waals surface area (Å²) in [4.78, 5) is 23.6. The molecule has 0 heterocycles. The molecule has 0 aromatic rings. The highest BCUT2D eigenvalue weighted by Gasteiger charge is 2.13. The summed E-state index contributed by atoms with van der Waals surface area (Å²) in [5, 5.41) is 0. The molecule has 0 bridgehead atoms. The molecule has 0 rings (SSSR count). The molecule has 1 unspecified atom stereocenters. The van der Waals surface area contributed by atoms with Gasteiger partial charge in [0.05, 0.1) is 13.2 Å². The molecule has 0 aromatic carbocycles. The summed E-state index contributed by atoms with van der Waals surface area (Å²) in [5.41, 5.74) is 0. The predicted octanol–water partition coefficient (Wildman–Crippen LogP) is 9.72. The summed E-state index contributed by atoms with van der Waals surface area (Å²) in [6, 6.07) is 0. The molecule has 0 N–H and O–H groups in total. The molecular formula is C31H60O4. The Kier molecular flexibility index (Phi) is 26.7. The number of hydrogen-bond donors (Lipinski definition) is 0. The number of carbonyl (C=O) groups excluding carboxylic acids is 2. The van der Waals surface area contributed by atoms with Crippen LogP contribution in [0.4, 0.5) is 0 Å². The van der Waals surface area contributed by atoms with Crippen LogP contribution in [-0.2, 0) is 19.1 Å². The third kappa shape index (κ3) is 25.8. The van der Waals surface area contributed by atoms with Crippen LogP contribution in [0.1, 0.15) is 168 Å². The van der Waals surface area contributed by atoms with Crippen LogP contribution in [0.3, 0.4) is 0 Å². The first-order valence-electron chi connectivity index (χ1n) is 15.4. The van der Waals surface area contributed by atoms with Crippen molar-refractivity contribution in [1.29, 1.82) is 0 Å². The van der Waals surface area contributed by atoms with Gasteiger partial charge >= 0.3 is 11.9 Å². The van der Waals surface area contributed by atoms with E-state index in [9.17, 15) is 9.59 Å². The maximum Gasteiger partial charge on any atom is 0.306 e. The van der Waals surface area contributed by atoms with E-state index in [4.69, 9.17) is 9.47 Å². The first kappa shape index (κ1) is 33.9. The van der Waals surface area contributed by atoms with Gasteiger partial charge in [-0.1, -0.05) is 130 Å². The first-order valence-corrected chi connectivity index (χ1v) is 15.4. The van der Waals surface area contributed by atoms with E-state index < -0.39 is 0 Å². The van der Waals surface area contributed by atoms with Crippen molar-refractivity contribution in [1.82, 2.24) is 0 Å². The second-order valence-electron chi connectivity index (χ2n) is 10.5. The molecule has 0 spiro atoms. The Hall–Kier alpha value is -1.06. The van der Waals surface area contributed by atoms with Crippen LogP contribution in [0.25, 0.3) is 0 Å². The van der Waals surface area contributed by atoms with Crippen molar-refractivity contribution in [2.24, 2.45) is 5.92 Å². The van der Waals surface area contributed by atoms with Crippen LogP contribution >= 0.6 is 0 Å². The molecule has 0 aliphatic heterocycles. The highest BCUT2D eigenvalue weighted by Crippen LogP contribution is 2.19. The van der Waals surface area contributed by atoms with Gasteiger partial charge in [-0.3, -0.25) is 9.59 Å². The molecule has 4 heteroatoms. The van der Waals surface area contributed by atoms with Gasteiger partial charge in [0.15, 0.2) is 0 Å². The zero-order valence-electron chi connectivity index (χ0n) is 23.9. The Bertz CT molecular complexity index is 463. The van der Waals surface area contributed by atoms with E-state index in [1.54, 1.807) is 0 Å². The van der Waals surface area contributed by atoms with Gasteiger partial charge in [0, 0.05) is 12.8 Å². The fraction of sp³-hybridized carbons (Fsp3) is 0.935. The minimum Gasteiger partial charge on any atom is -0.466 e. The molecule has 0 radical (unpaired) electrons. The Morgan fingerprint density at radius 2 is 0.943 bits per heavy atom. The molecular weight excluding hydrogens is 436 g/mol. The summed E-state index contributed by atoms with van der Waals surface area (Å²) in [7, 11) is 0. The normalized spacial score (nSPS) is 12.0. The molecule has 35 heavy (non-hydrogen) atoms. The van der Waals surface area contributed by atoms with Crippen LogP contribution in [0, 0.1) is 5.92 Å². The molecule has 208 valence electrons. The number of ether oxygens (including phenoxy) is 2. The van der Waals surface area contributed by atoms with Gasteiger partial charge in [-0.25, -0.2) is 0 Å². The second-order valence-corrected chi connectivity index (χ2v) is 10.5. The maximum atomic E-state index is 12.0. The summed E-state index contributed by atoms with van der Waals surface area (Å²) in [6.07, 6.45) is 26.8. The topological polar surface area (TPSA) is 52.6 Å². The third-order valence-electron chi connectivity index (χ3n) is 7.05. The third-order valence-corrected chi connectivity index (χ3v) is 7.05. The molecule has 4 nitrogen and oxygen atoms in total. The minimum atomic E-state index is -0.0100. The molecule has 0 saturated heterocycles. The Labute approximate surface area is 218 Å². The highest BCUT2D eigenvalue weighted by atomic mass is 16.5. The van der Waals surface area contributed by atoms with Crippen LogP contribution < -0.4 is 0 Å². The van der Waals surface area contributed by atoms with Crippen molar-refractivity contribution >= 4 is 11.9 Å². The Morgan fingerprint density at radius 1 is 0.514 bits per heavy atom. The van der Waals surface area contributed by atoms with E-state index in [2.05, 4.69) is 20.8 Å². The zero-order valence-corrected chi connectivity index (χ0v) is 23.9. The maximum absolute atomic E-state index is 12.0. The van der Waals surface area contributed by atoms with E-state index in [0.717, 1.165) is 57.8 Å². The number of rotatable bonds is 27. The second kappa shape index (κ2) is 27.5. The molecule has 0 amide bonds. The van der Waals surface area contributed by atoms with Crippen molar-refractivity contribution in [2.75, 3.05) is 13.2 Å². The van der Waals surface area contributed by atoms with Gasteiger partial charge in [-0.05, 0) is 31.6 Å². The van der Waals surface area contributed by atoms with Crippen LogP contribution in [-0.4, -0.2) is 25.2 Å². The van der Waals surface area contributed by atoms with E-state index in [-0.39, 0.29) is 11.9 Å². The van der Waals surface area contributed by atoms with Crippen molar-refractivity contribution < 1.29 is 19.1 Å². The van der Waals surface area contributed by atoms with Gasteiger partial charge in [-0.2, -0.15) is 0 Å². The Morgan fingerprint density at radius 3 is 1.40 bits per heavy atom. The number of unbranched alkanes of at least 4 members (excludes halogenated alkanes) is 16. The minimum absolute atomic E-state index is 0.00539. The summed E-state index contributed by atoms with van der Waals surface area (Å²) in [6.45, 7) is 7.72. The van der Waals surface area contributed by atoms with Crippen LogP contribution in [0.5, 0.6) is 0 Å². The lowest BCUT2D eigenvalue weighted by Gasteiger charge is -2.14. The smallest absolute Gasteiger partial charge is 0.306 e. The average Bonchev–Trinajstić information content (AvgIpc) is 2.86. The fourth-order valence-electron chi connectivity index (χ4n) is 4.54. The van der Waals surface area contributed by atoms with Gasteiger partial charge in [0.25, 0.3) is 0 Å². The zero-order chi connectivity index (χ0) is 25.8. The van der Waals surface area contributed by atoms with Gasteiger partial charge in [0.1, 0.15) is 0 Å². The molecule has 0 aliphatic rings. The number of hydrogen-bond acceptors (Lipinski definition) is 4. The fourth-order valence-corrected chi connectivity index (χ4v) is 4.54. The van der Waals surface area contributed by atoms with Gasteiger partial charge < -0.3 is 9.47 Å². The van der Waals surface area contributed by atoms with Gasteiger partial charge in [-0.15, -0.1) is 0 Å². The van der Waals surface area contributed by atoms with Crippen LogP contribution in [0.2, 0.25) is 0 Å².